The van der Waals surface area contributed by atoms with Gasteiger partial charge in [-0.2, -0.15) is 10.2 Å². The van der Waals surface area contributed by atoms with Crippen molar-refractivity contribution in [3.8, 4) is 0 Å². The first-order valence-corrected chi connectivity index (χ1v) is 5.43. The largest absolute Gasteiger partial charge is 0.393 e. The maximum atomic E-state index is 11.1. The third-order valence-electron chi connectivity index (χ3n) is 1.61. The fraction of sp³-hybridized carbons (Fsp3) is 0.600. The van der Waals surface area contributed by atoms with E-state index in [9.17, 15) is 9.59 Å². The van der Waals surface area contributed by atoms with Gasteiger partial charge < -0.3 is 10.2 Å². The van der Waals surface area contributed by atoms with Crippen molar-refractivity contribution in [3.05, 3.63) is 0 Å². The van der Waals surface area contributed by atoms with Crippen molar-refractivity contribution < 1.29 is 19.8 Å². The molecule has 102 valence electrons. The Morgan fingerprint density at radius 1 is 1.00 bits per heavy atom. The van der Waals surface area contributed by atoms with Crippen molar-refractivity contribution in [1.29, 1.82) is 0 Å². The Balaban J connectivity index is 3.86. The molecule has 0 heterocycles. The number of aliphatic hydroxyl groups excluding tert-OH is 2. The highest BCUT2D eigenvalue weighted by atomic mass is 16.3. The second-order valence-corrected chi connectivity index (χ2v) is 3.67. The number of carbonyl (C=O) groups excluding carboxylic acids is 2. The van der Waals surface area contributed by atoms with E-state index in [4.69, 9.17) is 10.2 Å². The molecule has 0 aromatic carbocycles. The number of hydrogen-bond donors (Lipinski definition) is 4. The smallest absolute Gasteiger partial charge is 0.331 e. The van der Waals surface area contributed by atoms with Gasteiger partial charge in [0.25, 0.3) is 0 Å². The Labute approximate surface area is 105 Å². The van der Waals surface area contributed by atoms with Crippen LogP contribution in [0.5, 0.6) is 0 Å². The molecule has 2 atom stereocenters. The van der Waals surface area contributed by atoms with Gasteiger partial charge in [-0.25, -0.2) is 10.9 Å². The summed E-state index contributed by atoms with van der Waals surface area (Å²) in [5.74, 6) is -1.93. The van der Waals surface area contributed by atoms with Gasteiger partial charge in [0.15, 0.2) is 0 Å². The molecule has 2 amide bonds. The van der Waals surface area contributed by atoms with E-state index < -0.39 is 24.0 Å². The topological polar surface area (TPSA) is 123 Å². The molecule has 8 heteroatoms. The van der Waals surface area contributed by atoms with Crippen molar-refractivity contribution in [2.24, 2.45) is 10.2 Å². The minimum atomic E-state index is -0.967. The van der Waals surface area contributed by atoms with E-state index in [1.54, 1.807) is 13.8 Å². The van der Waals surface area contributed by atoms with Gasteiger partial charge in [-0.1, -0.05) is 0 Å². The van der Waals surface area contributed by atoms with Crippen LogP contribution in [-0.4, -0.2) is 46.7 Å². The first-order valence-electron chi connectivity index (χ1n) is 5.43. The molecule has 4 N–H and O–H groups in total. The first kappa shape index (κ1) is 16.2. The predicted molar refractivity (Wildman–Crippen MR) is 65.9 cm³/mol. The summed E-state index contributed by atoms with van der Waals surface area (Å²) in [7, 11) is 0. The SMILES string of the molecule is C[C@H](O)C/C=N/NC(=O)C(=O)N/N=C\C[C@@H](C)O. The lowest BCUT2D eigenvalue weighted by molar-refractivity contribution is -0.139. The lowest BCUT2D eigenvalue weighted by Crippen LogP contribution is -2.35. The minimum Gasteiger partial charge on any atom is -0.393 e. The maximum absolute atomic E-state index is 11.1. The lowest BCUT2D eigenvalue weighted by atomic mass is 10.3. The summed E-state index contributed by atoms with van der Waals surface area (Å²) in [6.45, 7) is 3.13. The zero-order chi connectivity index (χ0) is 14.0. The van der Waals surface area contributed by atoms with Crippen LogP contribution < -0.4 is 10.9 Å². The quantitative estimate of drug-likeness (QED) is 0.269. The van der Waals surface area contributed by atoms with Crippen LogP contribution in [0, 0.1) is 0 Å². The highest BCUT2D eigenvalue weighted by Crippen LogP contribution is 1.84. The van der Waals surface area contributed by atoms with Crippen LogP contribution in [0.15, 0.2) is 10.2 Å². The number of rotatable bonds is 6. The summed E-state index contributed by atoms with van der Waals surface area (Å²) in [4.78, 5) is 22.2. The number of hydrogen-bond acceptors (Lipinski definition) is 6. The van der Waals surface area contributed by atoms with Gasteiger partial charge in [0.1, 0.15) is 0 Å². The van der Waals surface area contributed by atoms with Gasteiger partial charge >= 0.3 is 11.8 Å². The number of hydrazone groups is 2. The molecule has 0 saturated heterocycles. The minimum absolute atomic E-state index is 0.272. The second-order valence-electron chi connectivity index (χ2n) is 3.67. The molecule has 0 fully saturated rings. The van der Waals surface area contributed by atoms with Crippen LogP contribution in [0.3, 0.4) is 0 Å². The zero-order valence-corrected chi connectivity index (χ0v) is 10.3. The van der Waals surface area contributed by atoms with E-state index in [0.29, 0.717) is 0 Å². The van der Waals surface area contributed by atoms with Crippen molar-refractivity contribution in [2.75, 3.05) is 0 Å². The summed E-state index contributed by atoms with van der Waals surface area (Å²) in [5, 5.41) is 24.7. The molecule has 0 aliphatic rings. The molecule has 0 saturated carbocycles. The van der Waals surface area contributed by atoms with Crippen LogP contribution in [0.1, 0.15) is 26.7 Å². The Morgan fingerprint density at radius 3 is 1.61 bits per heavy atom. The van der Waals surface area contributed by atoms with Crippen LogP contribution in [-0.2, 0) is 9.59 Å². The lowest BCUT2D eigenvalue weighted by Gasteiger charge is -1.99. The van der Waals surface area contributed by atoms with Crippen molar-refractivity contribution >= 4 is 24.2 Å². The van der Waals surface area contributed by atoms with E-state index in [-0.39, 0.29) is 12.8 Å². The molecule has 0 spiro atoms. The van der Waals surface area contributed by atoms with Gasteiger partial charge in [0, 0.05) is 25.3 Å². The Morgan fingerprint density at radius 2 is 1.33 bits per heavy atom. The van der Waals surface area contributed by atoms with Gasteiger partial charge in [0.05, 0.1) is 12.2 Å². The average molecular weight is 258 g/mol. The molecule has 0 radical (unpaired) electrons. The molecule has 0 rings (SSSR count). The number of carbonyl (C=O) groups is 2. The van der Waals surface area contributed by atoms with Gasteiger partial charge in [-0.3, -0.25) is 9.59 Å². The maximum Gasteiger partial charge on any atom is 0.331 e. The number of aliphatic hydroxyl groups is 2. The fourth-order valence-electron chi connectivity index (χ4n) is 0.721. The second kappa shape index (κ2) is 9.25. The third-order valence-corrected chi connectivity index (χ3v) is 1.61. The highest BCUT2D eigenvalue weighted by Gasteiger charge is 2.10. The number of nitrogens with zero attached hydrogens (tertiary/aromatic N) is 2. The summed E-state index contributed by atoms with van der Waals surface area (Å²) in [6.07, 6.45) is 1.98. The molecule has 0 aliphatic carbocycles. The van der Waals surface area contributed by atoms with Gasteiger partial charge in [-0.15, -0.1) is 0 Å². The van der Waals surface area contributed by atoms with Gasteiger partial charge in [0.2, 0.25) is 0 Å². The van der Waals surface area contributed by atoms with Crippen LogP contribution in [0.2, 0.25) is 0 Å². The molecule has 0 aromatic rings. The monoisotopic (exact) mass is 258 g/mol. The first-order chi connectivity index (χ1) is 8.43. The average Bonchev–Trinajstić information content (AvgIpc) is 2.29. The van der Waals surface area contributed by atoms with E-state index in [1.165, 1.54) is 12.4 Å². The normalized spacial score (nSPS) is 14.7. The molecule has 0 aromatic heterocycles. The Kier molecular flexibility index (Phi) is 8.33. The van der Waals surface area contributed by atoms with Crippen LogP contribution in [0.25, 0.3) is 0 Å². The molecule has 18 heavy (non-hydrogen) atoms. The van der Waals surface area contributed by atoms with Gasteiger partial charge in [-0.05, 0) is 13.8 Å². The summed E-state index contributed by atoms with van der Waals surface area (Å²) in [5.41, 5.74) is 3.94. The number of amides is 2. The number of nitrogens with one attached hydrogen (secondary N) is 2. The van der Waals surface area contributed by atoms with E-state index in [1.807, 2.05) is 10.9 Å². The third kappa shape index (κ3) is 9.43. The molecular formula is C10H18N4O4. The highest BCUT2D eigenvalue weighted by molar-refractivity contribution is 6.35. The summed E-state index contributed by atoms with van der Waals surface area (Å²) < 4.78 is 0. The standard InChI is InChI=1S/C10H18N4O4/c1-7(15)3-5-11-13-9(17)10(18)14-12-6-4-8(2)16/h5-8,15-16H,3-4H2,1-2H3,(H,13,17)(H,14,18)/b11-5-,12-6+/t7-,8+/m1/s1. The van der Waals surface area contributed by atoms with Crippen molar-refractivity contribution in [2.45, 2.75) is 38.9 Å². The predicted octanol–water partition coefficient (Wildman–Crippen LogP) is -1.27. The van der Waals surface area contributed by atoms with Crippen molar-refractivity contribution in [1.82, 2.24) is 10.9 Å². The molecule has 0 aliphatic heterocycles. The van der Waals surface area contributed by atoms with E-state index in [2.05, 4.69) is 10.2 Å². The Bertz CT molecular complexity index is 294. The van der Waals surface area contributed by atoms with Crippen LogP contribution >= 0.6 is 0 Å². The van der Waals surface area contributed by atoms with Crippen molar-refractivity contribution in [3.63, 3.8) is 0 Å². The summed E-state index contributed by atoms with van der Waals surface area (Å²) >= 11 is 0. The summed E-state index contributed by atoms with van der Waals surface area (Å²) in [6, 6.07) is 0. The zero-order valence-electron chi connectivity index (χ0n) is 10.3. The Hall–Kier alpha value is -1.80. The molecule has 0 unspecified atom stereocenters. The van der Waals surface area contributed by atoms with Crippen LogP contribution in [0.4, 0.5) is 0 Å². The van der Waals surface area contributed by atoms with E-state index >= 15 is 0 Å². The molecular weight excluding hydrogens is 240 g/mol. The molecule has 0 bridgehead atoms. The van der Waals surface area contributed by atoms with E-state index in [0.717, 1.165) is 0 Å². The molecule has 8 nitrogen and oxygen atoms in total. The fourth-order valence-corrected chi connectivity index (χ4v) is 0.721.